The second kappa shape index (κ2) is 3.99. The second-order valence-corrected chi connectivity index (χ2v) is 4.61. The molecule has 1 unspecified atom stereocenters. The summed E-state index contributed by atoms with van der Waals surface area (Å²) in [5, 5.41) is 1.33. The number of aromatic nitrogens is 3. The minimum Gasteiger partial charge on any atom is -0.317 e. The molecule has 5 heteroatoms. The molecule has 0 radical (unpaired) electrons. The molecule has 0 aliphatic carbocycles. The first-order valence-electron chi connectivity index (χ1n) is 4.27. The molecule has 0 N–H and O–H groups in total. The van der Waals surface area contributed by atoms with Crippen LogP contribution in [0.3, 0.4) is 0 Å². The maximum atomic E-state index is 6.00. The number of nitrogens with zero attached hydrogens (tertiary/aromatic N) is 3. The van der Waals surface area contributed by atoms with Crippen LogP contribution in [0, 0.1) is 15.9 Å². The van der Waals surface area contributed by atoms with Gasteiger partial charge in [0, 0.05) is 9.77 Å². The molecule has 2 rings (SSSR count). The Hall–Kier alpha value is -0.800. The van der Waals surface area contributed by atoms with E-state index in [1.54, 1.807) is 0 Å². The second-order valence-electron chi connectivity index (χ2n) is 3.09. The van der Waals surface area contributed by atoms with E-state index in [0.717, 1.165) is 14.6 Å². The van der Waals surface area contributed by atoms with Gasteiger partial charge in [0.15, 0.2) is 0 Å². The summed E-state index contributed by atoms with van der Waals surface area (Å²) >= 11 is 8.20. The zero-order valence-electron chi connectivity index (χ0n) is 7.91. The Labute approximate surface area is 106 Å². The lowest BCUT2D eigenvalue weighted by atomic mass is 10.3. The SMILES string of the molecule is C#CC(C)n1cc(I)c2c(Cl)ncnc21. The van der Waals surface area contributed by atoms with Crippen molar-refractivity contribution < 1.29 is 0 Å². The fourth-order valence-electron chi connectivity index (χ4n) is 1.38. The predicted octanol–water partition coefficient (Wildman–Crippen LogP) is 2.88. The number of hydrogen-bond acceptors (Lipinski definition) is 2. The topological polar surface area (TPSA) is 30.7 Å². The summed E-state index contributed by atoms with van der Waals surface area (Å²) in [5.41, 5.74) is 0.782. The highest BCUT2D eigenvalue weighted by Crippen LogP contribution is 2.28. The quantitative estimate of drug-likeness (QED) is 0.457. The van der Waals surface area contributed by atoms with E-state index in [1.807, 2.05) is 17.7 Å². The number of rotatable bonds is 1. The van der Waals surface area contributed by atoms with Crippen LogP contribution in [-0.2, 0) is 0 Å². The van der Waals surface area contributed by atoms with Gasteiger partial charge in [0.1, 0.15) is 17.1 Å². The van der Waals surface area contributed by atoms with E-state index in [4.69, 9.17) is 18.0 Å². The maximum absolute atomic E-state index is 6.00. The summed E-state index contributed by atoms with van der Waals surface area (Å²) in [6.07, 6.45) is 8.78. The fraction of sp³-hybridized carbons (Fsp3) is 0.200. The van der Waals surface area contributed by atoms with E-state index in [2.05, 4.69) is 38.5 Å². The molecule has 0 fully saturated rings. The van der Waals surface area contributed by atoms with Gasteiger partial charge in [-0.2, -0.15) is 0 Å². The molecule has 0 amide bonds. The first-order valence-corrected chi connectivity index (χ1v) is 5.73. The molecule has 2 aromatic rings. The van der Waals surface area contributed by atoms with Gasteiger partial charge >= 0.3 is 0 Å². The Morgan fingerprint density at radius 2 is 2.33 bits per heavy atom. The molecular weight excluding hydrogens is 324 g/mol. The van der Waals surface area contributed by atoms with Gasteiger partial charge in [-0.15, -0.1) is 6.42 Å². The largest absolute Gasteiger partial charge is 0.317 e. The summed E-state index contributed by atoms with van der Waals surface area (Å²) in [5.74, 6) is 2.66. The third-order valence-electron chi connectivity index (χ3n) is 2.18. The Balaban J connectivity index is 2.80. The van der Waals surface area contributed by atoms with Crippen LogP contribution >= 0.6 is 34.2 Å². The molecule has 2 aromatic heterocycles. The zero-order valence-corrected chi connectivity index (χ0v) is 10.8. The van der Waals surface area contributed by atoms with Crippen molar-refractivity contribution in [3.05, 3.63) is 21.2 Å². The molecule has 0 spiro atoms. The monoisotopic (exact) mass is 331 g/mol. The Bertz CT molecular complexity index is 556. The van der Waals surface area contributed by atoms with Gasteiger partial charge in [0.2, 0.25) is 0 Å². The van der Waals surface area contributed by atoms with Gasteiger partial charge in [-0.05, 0) is 29.5 Å². The molecule has 0 aromatic carbocycles. The van der Waals surface area contributed by atoms with Crippen molar-refractivity contribution in [2.24, 2.45) is 0 Å². The van der Waals surface area contributed by atoms with Crippen LogP contribution < -0.4 is 0 Å². The van der Waals surface area contributed by atoms with E-state index in [1.165, 1.54) is 6.33 Å². The molecule has 0 aliphatic rings. The molecular formula is C10H7ClIN3. The molecule has 76 valence electrons. The van der Waals surface area contributed by atoms with E-state index < -0.39 is 0 Å². The maximum Gasteiger partial charge on any atom is 0.147 e. The van der Waals surface area contributed by atoms with Crippen LogP contribution in [0.2, 0.25) is 5.15 Å². The predicted molar refractivity (Wildman–Crippen MR) is 68.8 cm³/mol. The highest BCUT2D eigenvalue weighted by atomic mass is 127. The highest BCUT2D eigenvalue weighted by Gasteiger charge is 2.14. The van der Waals surface area contributed by atoms with E-state index in [9.17, 15) is 0 Å². The first-order chi connectivity index (χ1) is 7.15. The summed E-state index contributed by atoms with van der Waals surface area (Å²) in [7, 11) is 0. The normalized spacial score (nSPS) is 12.7. The zero-order chi connectivity index (χ0) is 11.0. The third-order valence-corrected chi connectivity index (χ3v) is 3.28. The Morgan fingerprint density at radius 1 is 1.60 bits per heavy atom. The summed E-state index contributed by atoms with van der Waals surface area (Å²) in [6.45, 7) is 1.94. The van der Waals surface area contributed by atoms with Crippen molar-refractivity contribution in [1.29, 1.82) is 0 Å². The van der Waals surface area contributed by atoms with Gasteiger partial charge in [0.25, 0.3) is 0 Å². The van der Waals surface area contributed by atoms with Crippen LogP contribution in [0.4, 0.5) is 0 Å². The van der Waals surface area contributed by atoms with Crippen molar-refractivity contribution in [3.8, 4) is 12.3 Å². The van der Waals surface area contributed by atoms with Crippen molar-refractivity contribution in [2.45, 2.75) is 13.0 Å². The van der Waals surface area contributed by atoms with Crippen molar-refractivity contribution in [3.63, 3.8) is 0 Å². The lowest BCUT2D eigenvalue weighted by molar-refractivity contribution is 0.701. The van der Waals surface area contributed by atoms with Gasteiger partial charge < -0.3 is 4.57 Å². The minimum atomic E-state index is -0.0398. The average Bonchev–Trinajstić information content (AvgIpc) is 2.56. The van der Waals surface area contributed by atoms with E-state index in [0.29, 0.717) is 5.15 Å². The number of terminal acetylenes is 1. The molecule has 0 bridgehead atoms. The molecule has 0 saturated carbocycles. The van der Waals surface area contributed by atoms with E-state index in [-0.39, 0.29) is 6.04 Å². The molecule has 1 atom stereocenters. The summed E-state index contributed by atoms with van der Waals surface area (Å²) in [4.78, 5) is 8.15. The van der Waals surface area contributed by atoms with Crippen molar-refractivity contribution in [2.75, 3.05) is 0 Å². The Morgan fingerprint density at radius 3 is 3.00 bits per heavy atom. The molecule has 15 heavy (non-hydrogen) atoms. The highest BCUT2D eigenvalue weighted by molar-refractivity contribution is 14.1. The fourth-order valence-corrected chi connectivity index (χ4v) is 2.57. The van der Waals surface area contributed by atoms with Gasteiger partial charge in [-0.25, -0.2) is 9.97 Å². The number of fused-ring (bicyclic) bond motifs is 1. The van der Waals surface area contributed by atoms with Gasteiger partial charge in [0.05, 0.1) is 11.4 Å². The first kappa shape index (κ1) is 10.7. The van der Waals surface area contributed by atoms with Gasteiger partial charge in [-0.3, -0.25) is 0 Å². The molecule has 3 nitrogen and oxygen atoms in total. The summed E-state index contributed by atoms with van der Waals surface area (Å²) in [6, 6.07) is -0.0398. The average molecular weight is 332 g/mol. The molecule has 0 aliphatic heterocycles. The van der Waals surface area contributed by atoms with Crippen LogP contribution in [0.1, 0.15) is 13.0 Å². The van der Waals surface area contributed by atoms with Gasteiger partial charge in [-0.1, -0.05) is 17.5 Å². The molecule has 2 heterocycles. The van der Waals surface area contributed by atoms with Crippen LogP contribution in [0.5, 0.6) is 0 Å². The number of halogens is 2. The lowest BCUT2D eigenvalue weighted by Crippen LogP contribution is -2.01. The Kier molecular flexibility index (Phi) is 2.85. The smallest absolute Gasteiger partial charge is 0.147 e. The number of hydrogen-bond donors (Lipinski definition) is 0. The minimum absolute atomic E-state index is 0.0398. The van der Waals surface area contributed by atoms with Crippen molar-refractivity contribution >= 4 is 45.2 Å². The standard InChI is InChI=1S/C10H7ClIN3/c1-3-6(2)15-4-7(12)8-9(11)13-5-14-10(8)15/h1,4-6H,2H3. The van der Waals surface area contributed by atoms with E-state index >= 15 is 0 Å². The van der Waals surface area contributed by atoms with Crippen LogP contribution in [0.15, 0.2) is 12.5 Å². The third kappa shape index (κ3) is 1.70. The van der Waals surface area contributed by atoms with Crippen molar-refractivity contribution in [1.82, 2.24) is 14.5 Å². The lowest BCUT2D eigenvalue weighted by Gasteiger charge is -2.06. The van der Waals surface area contributed by atoms with Crippen LogP contribution in [0.25, 0.3) is 11.0 Å². The van der Waals surface area contributed by atoms with Crippen LogP contribution in [-0.4, -0.2) is 14.5 Å². The summed E-state index contributed by atoms with van der Waals surface area (Å²) < 4.78 is 2.93. The molecule has 0 saturated heterocycles.